The Hall–Kier alpha value is -1.77. The van der Waals surface area contributed by atoms with Gasteiger partial charge in [-0.2, -0.15) is 0 Å². The Bertz CT molecular complexity index is 988. The predicted molar refractivity (Wildman–Crippen MR) is 217 cm³/mol. The van der Waals surface area contributed by atoms with Crippen molar-refractivity contribution in [2.24, 2.45) is 5.92 Å². The zero-order valence-electron chi connectivity index (χ0n) is 33.9. The first kappa shape index (κ1) is 51.2. The molecule has 0 amide bonds. The first-order chi connectivity index (χ1) is 25.5. The van der Waals surface area contributed by atoms with Crippen LogP contribution in [0.4, 0.5) is 0 Å². The number of phosphoric acid groups is 1. The molecule has 53 heavy (non-hydrogen) atoms. The second-order valence-corrected chi connectivity index (χ2v) is 16.2. The van der Waals surface area contributed by atoms with Gasteiger partial charge in [-0.15, -0.1) is 0 Å². The number of rotatable bonds is 38. The third-order valence-electron chi connectivity index (χ3n) is 9.19. The second kappa shape index (κ2) is 37.2. The number of carbonyl (C=O) groups excluding carboxylic acids is 2. The number of phosphoric ester groups is 1. The highest BCUT2D eigenvalue weighted by Gasteiger charge is 2.23. The molecule has 0 bridgehead atoms. The number of ether oxygens (including phenoxy) is 2. The fourth-order valence-electron chi connectivity index (χ4n) is 5.98. The van der Waals surface area contributed by atoms with Gasteiger partial charge in [0.05, 0.1) is 12.7 Å². The topological polar surface area (TPSA) is 140 Å². The summed E-state index contributed by atoms with van der Waals surface area (Å²) in [4.78, 5) is 42.9. The molecular weight excluding hydrogens is 691 g/mol. The Kier molecular flexibility index (Phi) is 35.9. The number of hydrogen-bond acceptors (Lipinski definition) is 7. The average Bonchev–Trinajstić information content (AvgIpc) is 3.10. The second-order valence-electron chi connectivity index (χ2n) is 15.0. The van der Waals surface area contributed by atoms with Crippen LogP contribution in [0.25, 0.3) is 0 Å². The van der Waals surface area contributed by atoms with E-state index < -0.39 is 38.6 Å². The first-order valence-electron chi connectivity index (χ1n) is 21.2. The van der Waals surface area contributed by atoms with Crippen molar-refractivity contribution in [1.29, 1.82) is 0 Å². The molecule has 0 aliphatic carbocycles. The van der Waals surface area contributed by atoms with Crippen molar-refractivity contribution >= 4 is 19.8 Å². The zero-order valence-corrected chi connectivity index (χ0v) is 34.8. The molecule has 0 aromatic rings. The summed E-state index contributed by atoms with van der Waals surface area (Å²) in [5.74, 6) is -0.253. The van der Waals surface area contributed by atoms with Crippen LogP contribution in [-0.2, 0) is 28.2 Å². The lowest BCUT2D eigenvalue weighted by molar-refractivity contribution is -0.161. The summed E-state index contributed by atoms with van der Waals surface area (Å²) in [6.07, 6.45) is 39.0. The number of esters is 2. The number of aliphatic hydroxyl groups excluding tert-OH is 1. The van der Waals surface area contributed by atoms with Gasteiger partial charge in [-0.05, 0) is 44.4 Å². The van der Waals surface area contributed by atoms with Crippen molar-refractivity contribution in [2.75, 3.05) is 13.2 Å². The Morgan fingerprint density at radius 2 is 1.17 bits per heavy atom. The number of aliphatic hydroxyl groups is 1. The maximum atomic E-state index is 12.4. The molecule has 0 aliphatic rings. The predicted octanol–water partition coefficient (Wildman–Crippen LogP) is 11.8. The first-order valence-corrected chi connectivity index (χ1v) is 22.8. The van der Waals surface area contributed by atoms with Crippen molar-refractivity contribution < 1.29 is 43.0 Å². The van der Waals surface area contributed by atoms with Crippen molar-refractivity contribution in [2.45, 2.75) is 206 Å². The van der Waals surface area contributed by atoms with Crippen LogP contribution < -0.4 is 0 Å². The molecular formula is C43H79O9P. The van der Waals surface area contributed by atoms with E-state index in [4.69, 9.17) is 19.3 Å². The number of hydrogen-bond donors (Lipinski definition) is 3. The molecule has 0 saturated heterocycles. The molecule has 310 valence electrons. The third-order valence-corrected chi connectivity index (χ3v) is 9.68. The standard InChI is InChI=1S/C43H79O9P/c1-4-5-6-7-8-9-10-13-17-20-23-26-29-33-40(44)34-31-36-43(46)52-41(38-51-53(47,48)49)37-50-42(45)35-30-27-24-21-18-15-12-11-14-16-19-22-25-28-32-39(2)3/h13,17,23,26,29,33,39-41,44H,4-12,14-16,18-22,24-25,27-28,30-32,34-38H2,1-3H3,(H2,47,48,49)/b17-13+,26-23+,33-29+/t40?,41-/m1/s1. The molecule has 2 atom stereocenters. The largest absolute Gasteiger partial charge is 0.469 e. The Morgan fingerprint density at radius 3 is 1.75 bits per heavy atom. The van der Waals surface area contributed by atoms with E-state index in [1.165, 1.54) is 109 Å². The fourth-order valence-corrected chi connectivity index (χ4v) is 6.34. The van der Waals surface area contributed by atoms with Gasteiger partial charge >= 0.3 is 19.8 Å². The number of carbonyl (C=O) groups is 2. The molecule has 0 radical (unpaired) electrons. The maximum absolute atomic E-state index is 12.4. The van der Waals surface area contributed by atoms with Crippen molar-refractivity contribution in [3.05, 3.63) is 36.5 Å². The summed E-state index contributed by atoms with van der Waals surface area (Å²) in [7, 11) is -4.81. The summed E-state index contributed by atoms with van der Waals surface area (Å²) in [6, 6.07) is 0. The summed E-state index contributed by atoms with van der Waals surface area (Å²) in [5.41, 5.74) is 0. The van der Waals surface area contributed by atoms with Gasteiger partial charge < -0.3 is 24.4 Å². The van der Waals surface area contributed by atoms with E-state index in [0.717, 1.165) is 38.0 Å². The van der Waals surface area contributed by atoms with E-state index >= 15 is 0 Å². The van der Waals surface area contributed by atoms with Crippen LogP contribution in [0.1, 0.15) is 194 Å². The van der Waals surface area contributed by atoms with Crippen LogP contribution in [0.2, 0.25) is 0 Å². The van der Waals surface area contributed by atoms with E-state index in [0.29, 0.717) is 19.3 Å². The minimum absolute atomic E-state index is 0.0107. The molecule has 10 heteroatoms. The zero-order chi connectivity index (χ0) is 39.3. The van der Waals surface area contributed by atoms with E-state index in [9.17, 15) is 19.3 Å². The molecule has 0 aromatic carbocycles. The average molecular weight is 771 g/mol. The van der Waals surface area contributed by atoms with E-state index in [-0.39, 0.29) is 19.4 Å². The fraction of sp³-hybridized carbons (Fsp3) is 0.814. The minimum atomic E-state index is -4.81. The lowest BCUT2D eigenvalue weighted by Gasteiger charge is -2.18. The quantitative estimate of drug-likeness (QED) is 0.0184. The molecule has 9 nitrogen and oxygen atoms in total. The molecule has 3 N–H and O–H groups in total. The minimum Gasteiger partial charge on any atom is -0.462 e. The van der Waals surface area contributed by atoms with Gasteiger partial charge in [-0.25, -0.2) is 4.57 Å². The molecule has 0 rings (SSSR count). The van der Waals surface area contributed by atoms with Crippen LogP contribution in [-0.4, -0.2) is 52.3 Å². The van der Waals surface area contributed by atoms with Gasteiger partial charge in [-0.3, -0.25) is 14.1 Å². The monoisotopic (exact) mass is 771 g/mol. The van der Waals surface area contributed by atoms with Crippen LogP contribution in [0.3, 0.4) is 0 Å². The van der Waals surface area contributed by atoms with Gasteiger partial charge in [0.2, 0.25) is 0 Å². The molecule has 0 aliphatic heterocycles. The van der Waals surface area contributed by atoms with E-state index in [1.54, 1.807) is 12.2 Å². The lowest BCUT2D eigenvalue weighted by Crippen LogP contribution is -2.29. The van der Waals surface area contributed by atoms with E-state index in [2.05, 4.69) is 37.4 Å². The SMILES string of the molecule is CCCCCCCC/C=C/C/C=C/C=C/C(O)CCCC(=O)O[C@H](COC(=O)CCCCCCCCCCCCCCCCC(C)C)COP(=O)(O)O. The maximum Gasteiger partial charge on any atom is 0.469 e. The van der Waals surface area contributed by atoms with Gasteiger partial charge in [-0.1, -0.05) is 179 Å². The van der Waals surface area contributed by atoms with Crippen molar-refractivity contribution in [3.63, 3.8) is 0 Å². The highest BCUT2D eigenvalue weighted by Crippen LogP contribution is 2.36. The van der Waals surface area contributed by atoms with Gasteiger partial charge in [0, 0.05) is 12.8 Å². The molecule has 0 spiro atoms. The number of allylic oxidation sites excluding steroid dienone is 5. The van der Waals surface area contributed by atoms with Crippen LogP contribution in [0.5, 0.6) is 0 Å². The molecule has 0 saturated carbocycles. The Labute approximate surface area is 324 Å². The molecule has 1 unspecified atom stereocenters. The molecule has 0 aromatic heterocycles. The summed E-state index contributed by atoms with van der Waals surface area (Å²) in [6.45, 7) is 5.87. The smallest absolute Gasteiger partial charge is 0.462 e. The highest BCUT2D eigenvalue weighted by molar-refractivity contribution is 7.46. The highest BCUT2D eigenvalue weighted by atomic mass is 31.2. The molecule has 0 heterocycles. The normalized spacial score (nSPS) is 13.5. The Morgan fingerprint density at radius 1 is 0.623 bits per heavy atom. The third kappa shape index (κ3) is 41.2. The van der Waals surface area contributed by atoms with Crippen molar-refractivity contribution in [3.8, 4) is 0 Å². The Balaban J connectivity index is 4.08. The summed E-state index contributed by atoms with van der Waals surface area (Å²) >= 11 is 0. The molecule has 0 fully saturated rings. The van der Waals surface area contributed by atoms with Gasteiger partial charge in [0.1, 0.15) is 6.61 Å². The van der Waals surface area contributed by atoms with Crippen LogP contribution in [0, 0.1) is 5.92 Å². The summed E-state index contributed by atoms with van der Waals surface area (Å²) in [5, 5.41) is 10.2. The van der Waals surface area contributed by atoms with Gasteiger partial charge in [0.25, 0.3) is 0 Å². The van der Waals surface area contributed by atoms with Crippen LogP contribution >= 0.6 is 7.82 Å². The van der Waals surface area contributed by atoms with Gasteiger partial charge in [0.15, 0.2) is 6.10 Å². The number of unbranched alkanes of at least 4 members (excludes halogenated alkanes) is 19. The van der Waals surface area contributed by atoms with Crippen molar-refractivity contribution in [1.82, 2.24) is 0 Å². The van der Waals surface area contributed by atoms with E-state index in [1.807, 2.05) is 12.2 Å². The summed E-state index contributed by atoms with van der Waals surface area (Å²) < 4.78 is 26.3. The lowest BCUT2D eigenvalue weighted by atomic mass is 10.0. The van der Waals surface area contributed by atoms with Crippen LogP contribution in [0.15, 0.2) is 36.5 Å².